The number of hydrogen-bond donors (Lipinski definition) is 0. The molecule has 21 heavy (non-hydrogen) atoms. The maximum absolute atomic E-state index is 11.7. The van der Waals surface area contributed by atoms with Crippen molar-refractivity contribution in [1.29, 1.82) is 0 Å². The normalized spacial score (nSPS) is 19.3. The molecule has 1 fully saturated rings. The van der Waals surface area contributed by atoms with Gasteiger partial charge in [0, 0.05) is 19.1 Å². The summed E-state index contributed by atoms with van der Waals surface area (Å²) < 4.78 is 21.0. The number of fused-ring (bicyclic) bond motifs is 1. The summed E-state index contributed by atoms with van der Waals surface area (Å²) in [5.74, 6) is 1.26. The standard InChI is InChI=1S/C15H19NO5/c1-18-15(17)9-12(16-4-6-19-7-5-16)11-2-3-13-14(8-11)21-10-20-13/h2-3,8,12H,4-7,9-10H2,1H3. The first-order valence-corrected chi connectivity index (χ1v) is 7.06. The molecule has 0 saturated carbocycles. The Kier molecular flexibility index (Phi) is 4.26. The molecular formula is C15H19NO5. The van der Waals surface area contributed by atoms with Crippen molar-refractivity contribution < 1.29 is 23.7 Å². The molecular weight excluding hydrogens is 274 g/mol. The molecule has 1 atom stereocenters. The lowest BCUT2D eigenvalue weighted by atomic mass is 10.0. The molecule has 0 aliphatic carbocycles. The van der Waals surface area contributed by atoms with Crippen LogP contribution in [0.2, 0.25) is 0 Å². The van der Waals surface area contributed by atoms with E-state index in [1.165, 1.54) is 7.11 Å². The first-order valence-electron chi connectivity index (χ1n) is 7.06. The Morgan fingerprint density at radius 1 is 1.29 bits per heavy atom. The summed E-state index contributed by atoms with van der Waals surface area (Å²) in [6.45, 7) is 3.22. The van der Waals surface area contributed by atoms with Gasteiger partial charge < -0.3 is 18.9 Å². The number of hydrogen-bond acceptors (Lipinski definition) is 6. The van der Waals surface area contributed by atoms with Gasteiger partial charge in [0.2, 0.25) is 6.79 Å². The molecule has 0 spiro atoms. The summed E-state index contributed by atoms with van der Waals surface area (Å²) in [7, 11) is 1.42. The second kappa shape index (κ2) is 6.32. The summed E-state index contributed by atoms with van der Waals surface area (Å²) in [5, 5.41) is 0. The van der Waals surface area contributed by atoms with E-state index in [0.717, 1.165) is 30.2 Å². The van der Waals surface area contributed by atoms with Gasteiger partial charge in [0.1, 0.15) is 0 Å². The van der Waals surface area contributed by atoms with Crippen LogP contribution in [-0.4, -0.2) is 51.1 Å². The van der Waals surface area contributed by atoms with Crippen LogP contribution >= 0.6 is 0 Å². The second-order valence-corrected chi connectivity index (χ2v) is 5.06. The largest absolute Gasteiger partial charge is 0.469 e. The number of carbonyl (C=O) groups excluding carboxylic acids is 1. The van der Waals surface area contributed by atoms with E-state index in [9.17, 15) is 4.79 Å². The van der Waals surface area contributed by atoms with Crippen molar-refractivity contribution in [3.63, 3.8) is 0 Å². The van der Waals surface area contributed by atoms with E-state index in [4.69, 9.17) is 18.9 Å². The van der Waals surface area contributed by atoms with E-state index < -0.39 is 0 Å². The lowest BCUT2D eigenvalue weighted by Gasteiger charge is -2.34. The fourth-order valence-corrected chi connectivity index (χ4v) is 2.71. The highest BCUT2D eigenvalue weighted by molar-refractivity contribution is 5.70. The molecule has 1 aromatic rings. The van der Waals surface area contributed by atoms with Crippen LogP contribution < -0.4 is 9.47 Å². The third kappa shape index (κ3) is 3.11. The Balaban J connectivity index is 1.84. The molecule has 0 radical (unpaired) electrons. The fraction of sp³-hybridized carbons (Fsp3) is 0.533. The zero-order valence-electron chi connectivity index (χ0n) is 12.0. The van der Waals surface area contributed by atoms with Crippen molar-refractivity contribution in [3.8, 4) is 11.5 Å². The van der Waals surface area contributed by atoms with E-state index in [1.54, 1.807) is 0 Å². The zero-order chi connectivity index (χ0) is 14.7. The topological polar surface area (TPSA) is 57.2 Å². The minimum absolute atomic E-state index is 0.0316. The molecule has 0 aromatic heterocycles. The first kappa shape index (κ1) is 14.2. The summed E-state index contributed by atoms with van der Waals surface area (Å²) in [6.07, 6.45) is 0.316. The summed E-state index contributed by atoms with van der Waals surface area (Å²) in [4.78, 5) is 14.0. The van der Waals surface area contributed by atoms with Gasteiger partial charge in [-0.15, -0.1) is 0 Å². The molecule has 6 nitrogen and oxygen atoms in total. The van der Waals surface area contributed by atoms with E-state index >= 15 is 0 Å². The second-order valence-electron chi connectivity index (χ2n) is 5.06. The Bertz CT molecular complexity index is 513. The Hall–Kier alpha value is -1.79. The average molecular weight is 293 g/mol. The lowest BCUT2D eigenvalue weighted by Crippen LogP contribution is -2.40. The third-order valence-electron chi connectivity index (χ3n) is 3.86. The minimum atomic E-state index is -0.218. The van der Waals surface area contributed by atoms with Crippen molar-refractivity contribution in [2.24, 2.45) is 0 Å². The highest BCUT2D eigenvalue weighted by Gasteiger charge is 2.27. The van der Waals surface area contributed by atoms with Gasteiger partial charge in [-0.2, -0.15) is 0 Å². The number of ether oxygens (including phenoxy) is 4. The number of carbonyl (C=O) groups is 1. The van der Waals surface area contributed by atoms with E-state index in [2.05, 4.69) is 4.90 Å². The third-order valence-corrected chi connectivity index (χ3v) is 3.86. The molecule has 114 valence electrons. The zero-order valence-corrected chi connectivity index (χ0v) is 12.0. The molecule has 2 aliphatic heterocycles. The SMILES string of the molecule is COC(=O)CC(c1ccc2c(c1)OCO2)N1CCOCC1. The number of esters is 1. The van der Waals surface area contributed by atoms with Gasteiger partial charge in [-0.3, -0.25) is 9.69 Å². The van der Waals surface area contributed by atoms with Gasteiger partial charge in [-0.05, 0) is 17.7 Å². The van der Waals surface area contributed by atoms with Crippen molar-refractivity contribution in [3.05, 3.63) is 23.8 Å². The molecule has 0 amide bonds. The van der Waals surface area contributed by atoms with Crippen LogP contribution in [0.25, 0.3) is 0 Å². The van der Waals surface area contributed by atoms with Crippen molar-refractivity contribution in [2.45, 2.75) is 12.5 Å². The highest BCUT2D eigenvalue weighted by atomic mass is 16.7. The molecule has 1 saturated heterocycles. The average Bonchev–Trinajstić information content (AvgIpc) is 3.00. The van der Waals surface area contributed by atoms with Gasteiger partial charge in [-0.25, -0.2) is 0 Å². The molecule has 2 aliphatic rings. The van der Waals surface area contributed by atoms with Gasteiger partial charge in [-0.1, -0.05) is 6.07 Å². The van der Waals surface area contributed by atoms with Crippen LogP contribution in [0, 0.1) is 0 Å². The van der Waals surface area contributed by atoms with Crippen LogP contribution in [0.15, 0.2) is 18.2 Å². The van der Waals surface area contributed by atoms with Crippen LogP contribution in [0.1, 0.15) is 18.0 Å². The van der Waals surface area contributed by atoms with Crippen LogP contribution in [0.3, 0.4) is 0 Å². The lowest BCUT2D eigenvalue weighted by molar-refractivity contribution is -0.142. The maximum Gasteiger partial charge on any atom is 0.307 e. The van der Waals surface area contributed by atoms with Crippen molar-refractivity contribution in [2.75, 3.05) is 40.2 Å². The van der Waals surface area contributed by atoms with Crippen molar-refractivity contribution >= 4 is 5.97 Å². The molecule has 3 rings (SSSR count). The van der Waals surface area contributed by atoms with Crippen molar-refractivity contribution in [1.82, 2.24) is 4.90 Å². The number of nitrogens with zero attached hydrogens (tertiary/aromatic N) is 1. The van der Waals surface area contributed by atoms with Crippen LogP contribution in [0.5, 0.6) is 11.5 Å². The fourth-order valence-electron chi connectivity index (χ4n) is 2.71. The van der Waals surface area contributed by atoms with Crippen LogP contribution in [-0.2, 0) is 14.3 Å². The van der Waals surface area contributed by atoms with Gasteiger partial charge in [0.15, 0.2) is 11.5 Å². The molecule has 0 N–H and O–H groups in total. The summed E-state index contributed by atoms with van der Waals surface area (Å²) in [6, 6.07) is 5.79. The molecule has 0 bridgehead atoms. The Labute approximate surface area is 123 Å². The maximum atomic E-state index is 11.7. The van der Waals surface area contributed by atoms with E-state index in [-0.39, 0.29) is 18.8 Å². The van der Waals surface area contributed by atoms with Crippen LogP contribution in [0.4, 0.5) is 0 Å². The quantitative estimate of drug-likeness (QED) is 0.781. The van der Waals surface area contributed by atoms with Gasteiger partial charge in [0.05, 0.1) is 26.7 Å². The number of benzene rings is 1. The summed E-state index contributed by atoms with van der Waals surface area (Å²) in [5.41, 5.74) is 1.03. The molecule has 2 heterocycles. The monoisotopic (exact) mass is 293 g/mol. The Morgan fingerprint density at radius 3 is 2.81 bits per heavy atom. The number of rotatable bonds is 4. The minimum Gasteiger partial charge on any atom is -0.469 e. The molecule has 1 unspecified atom stereocenters. The number of methoxy groups -OCH3 is 1. The highest BCUT2D eigenvalue weighted by Crippen LogP contribution is 2.36. The van der Waals surface area contributed by atoms with E-state index in [0.29, 0.717) is 19.6 Å². The summed E-state index contributed by atoms with van der Waals surface area (Å²) >= 11 is 0. The smallest absolute Gasteiger partial charge is 0.307 e. The first-order chi connectivity index (χ1) is 10.3. The molecule has 6 heteroatoms. The van der Waals surface area contributed by atoms with Gasteiger partial charge >= 0.3 is 5.97 Å². The van der Waals surface area contributed by atoms with Gasteiger partial charge in [0.25, 0.3) is 0 Å². The Morgan fingerprint density at radius 2 is 2.05 bits per heavy atom. The predicted molar refractivity (Wildman–Crippen MR) is 74.3 cm³/mol. The van der Waals surface area contributed by atoms with E-state index in [1.807, 2.05) is 18.2 Å². The molecule has 1 aromatic carbocycles. The number of morpholine rings is 1. The predicted octanol–water partition coefficient (Wildman–Crippen LogP) is 1.35.